The van der Waals surface area contributed by atoms with Gasteiger partial charge in [-0.1, -0.05) is 91.0 Å². The Morgan fingerprint density at radius 2 is 0.964 bits per heavy atom. The molecule has 0 heterocycles. The molecular formula is C26H22AuP. The van der Waals surface area contributed by atoms with Crippen molar-refractivity contribution in [3.05, 3.63) is 133 Å². The molecule has 2 heteroatoms. The molecule has 0 spiro atoms. The van der Waals surface area contributed by atoms with Crippen molar-refractivity contribution >= 4 is 29.9 Å². The first-order valence-electron chi connectivity index (χ1n) is 8.93. The van der Waals surface area contributed by atoms with Crippen molar-refractivity contribution in [2.45, 2.75) is 0 Å². The predicted molar refractivity (Wildman–Crippen MR) is 121 cm³/mol. The fourth-order valence-corrected chi connectivity index (χ4v) is 5.02. The first-order chi connectivity index (χ1) is 13.4. The summed E-state index contributed by atoms with van der Waals surface area (Å²) in [6.07, 6.45) is 1.78. The first kappa shape index (κ1) is 22.1. The Balaban J connectivity index is 0.000000264. The third-order valence-electron chi connectivity index (χ3n) is 4.00. The van der Waals surface area contributed by atoms with Crippen LogP contribution in [0.15, 0.2) is 122 Å². The van der Waals surface area contributed by atoms with Gasteiger partial charge in [0, 0.05) is 0 Å². The van der Waals surface area contributed by atoms with E-state index in [9.17, 15) is 0 Å². The standard InChI is InChI=1S/C18H15P.C8H7.Au/c1-4-10-16(11-5-1)19(17-12-6-2-7-13-17)18-14-8-3-9-15-18;1-2-8-6-4-3-5-7-8;/h1-15H;2-6H,1H2;/q;-1;+1. The zero-order chi connectivity index (χ0) is 18.7. The predicted octanol–water partition coefficient (Wildman–Crippen LogP) is 5.57. The number of rotatable bonds is 4. The molecule has 0 saturated carbocycles. The molecule has 142 valence electrons. The van der Waals surface area contributed by atoms with E-state index >= 15 is 0 Å². The molecule has 0 unspecified atom stereocenters. The molecule has 0 aliphatic rings. The largest absolute Gasteiger partial charge is 1.00 e. The molecule has 0 saturated heterocycles. The van der Waals surface area contributed by atoms with Crippen molar-refractivity contribution < 1.29 is 22.4 Å². The third-order valence-corrected chi connectivity index (χ3v) is 6.44. The maximum absolute atomic E-state index is 3.60. The number of hydrogen-bond acceptors (Lipinski definition) is 0. The fourth-order valence-electron chi connectivity index (χ4n) is 2.71. The molecule has 0 aliphatic heterocycles. The molecule has 0 radical (unpaired) electrons. The summed E-state index contributed by atoms with van der Waals surface area (Å²) in [5, 5.41) is 4.19. The van der Waals surface area contributed by atoms with Gasteiger partial charge in [-0.15, -0.1) is 43.0 Å². The van der Waals surface area contributed by atoms with E-state index in [0.29, 0.717) is 0 Å². The molecular weight excluding hydrogens is 540 g/mol. The quantitative estimate of drug-likeness (QED) is 0.173. The first-order valence-corrected chi connectivity index (χ1v) is 10.3. The van der Waals surface area contributed by atoms with Gasteiger partial charge in [-0.25, -0.2) is 0 Å². The second kappa shape index (κ2) is 12.3. The van der Waals surface area contributed by atoms with E-state index in [-0.39, 0.29) is 22.4 Å². The molecule has 0 N–H and O–H groups in total. The van der Waals surface area contributed by atoms with Gasteiger partial charge in [0.2, 0.25) is 0 Å². The van der Waals surface area contributed by atoms with E-state index in [4.69, 9.17) is 0 Å². The summed E-state index contributed by atoms with van der Waals surface area (Å²) in [5.41, 5.74) is 1.05. The molecule has 0 nitrogen and oxygen atoms in total. The van der Waals surface area contributed by atoms with Gasteiger partial charge < -0.3 is 0 Å². The minimum absolute atomic E-state index is 0. The Kier molecular flexibility index (Phi) is 9.69. The molecule has 0 aromatic heterocycles. The average Bonchev–Trinajstić information content (AvgIpc) is 2.77. The Bertz CT molecular complexity index is 829. The van der Waals surface area contributed by atoms with Crippen LogP contribution in [0.2, 0.25) is 0 Å². The topological polar surface area (TPSA) is 0 Å². The van der Waals surface area contributed by atoms with Gasteiger partial charge in [0.05, 0.1) is 0 Å². The summed E-state index contributed by atoms with van der Waals surface area (Å²) in [4.78, 5) is 0. The molecule has 4 rings (SSSR count). The summed E-state index contributed by atoms with van der Waals surface area (Å²) in [6.45, 7) is 3.60. The Labute approximate surface area is 185 Å². The van der Waals surface area contributed by atoms with Gasteiger partial charge in [-0.05, 0) is 23.8 Å². The van der Waals surface area contributed by atoms with E-state index < -0.39 is 7.92 Å². The molecule has 0 amide bonds. The molecule has 0 aliphatic carbocycles. The van der Waals surface area contributed by atoms with Gasteiger partial charge in [0.15, 0.2) is 0 Å². The Hall–Kier alpha value is -2.21. The van der Waals surface area contributed by atoms with E-state index in [0.717, 1.165) is 5.56 Å². The zero-order valence-electron chi connectivity index (χ0n) is 15.5. The van der Waals surface area contributed by atoms with Crippen LogP contribution in [0.5, 0.6) is 0 Å². The average molecular weight is 562 g/mol. The van der Waals surface area contributed by atoms with Crippen molar-refractivity contribution in [3.63, 3.8) is 0 Å². The summed E-state index contributed by atoms with van der Waals surface area (Å²) < 4.78 is 0. The summed E-state index contributed by atoms with van der Waals surface area (Å²) >= 11 is 0. The van der Waals surface area contributed by atoms with Crippen molar-refractivity contribution in [3.8, 4) is 0 Å². The summed E-state index contributed by atoms with van der Waals surface area (Å²) in [7, 11) is -0.446. The molecule has 0 atom stereocenters. The summed E-state index contributed by atoms with van der Waals surface area (Å²) in [6, 6.07) is 43.1. The van der Waals surface area contributed by atoms with Gasteiger partial charge in [-0.3, -0.25) is 0 Å². The van der Waals surface area contributed by atoms with Crippen LogP contribution in [0, 0.1) is 6.07 Å². The van der Waals surface area contributed by atoms with Crippen LogP contribution in [0.25, 0.3) is 6.08 Å². The molecule has 0 fully saturated rings. The van der Waals surface area contributed by atoms with Crippen LogP contribution in [0.4, 0.5) is 0 Å². The fraction of sp³-hybridized carbons (Fsp3) is 0. The Morgan fingerprint density at radius 3 is 1.25 bits per heavy atom. The smallest absolute Gasteiger partial charge is 0.151 e. The van der Waals surface area contributed by atoms with Gasteiger partial charge in [0.25, 0.3) is 0 Å². The second-order valence-electron chi connectivity index (χ2n) is 5.86. The number of hydrogen-bond donors (Lipinski definition) is 0. The van der Waals surface area contributed by atoms with Crippen LogP contribution >= 0.6 is 7.92 Å². The van der Waals surface area contributed by atoms with E-state index in [1.165, 1.54) is 15.9 Å². The van der Waals surface area contributed by atoms with Crippen LogP contribution in [-0.4, -0.2) is 0 Å². The van der Waals surface area contributed by atoms with E-state index in [1.807, 2.05) is 24.3 Å². The van der Waals surface area contributed by atoms with Crippen LogP contribution in [-0.2, 0) is 22.4 Å². The number of benzene rings is 4. The van der Waals surface area contributed by atoms with Crippen LogP contribution in [0.1, 0.15) is 5.56 Å². The molecule has 4 aromatic rings. The SMILES string of the molecule is C=Cc1[c-]cccc1.[Au+].c1ccc(P(c2ccccc2)c2ccccc2)cc1. The van der Waals surface area contributed by atoms with E-state index in [1.54, 1.807) is 6.08 Å². The Morgan fingerprint density at radius 1 is 0.571 bits per heavy atom. The minimum atomic E-state index is -0.446. The second-order valence-corrected chi connectivity index (χ2v) is 8.08. The third kappa shape index (κ3) is 6.44. The zero-order valence-corrected chi connectivity index (χ0v) is 18.6. The minimum Gasteiger partial charge on any atom is -0.151 e. The van der Waals surface area contributed by atoms with Crippen molar-refractivity contribution in [1.29, 1.82) is 0 Å². The maximum Gasteiger partial charge on any atom is 1.00 e. The van der Waals surface area contributed by atoms with Gasteiger partial charge in [-0.2, -0.15) is 5.56 Å². The summed E-state index contributed by atoms with van der Waals surface area (Å²) in [5.74, 6) is 0. The van der Waals surface area contributed by atoms with Crippen molar-refractivity contribution in [2.75, 3.05) is 0 Å². The molecule has 0 bridgehead atoms. The van der Waals surface area contributed by atoms with Crippen LogP contribution < -0.4 is 15.9 Å². The van der Waals surface area contributed by atoms with Gasteiger partial charge in [0.1, 0.15) is 0 Å². The van der Waals surface area contributed by atoms with Crippen molar-refractivity contribution in [2.24, 2.45) is 0 Å². The normalized spacial score (nSPS) is 9.61. The monoisotopic (exact) mass is 562 g/mol. The van der Waals surface area contributed by atoms with Crippen LogP contribution in [0.3, 0.4) is 0 Å². The molecule has 28 heavy (non-hydrogen) atoms. The van der Waals surface area contributed by atoms with E-state index in [2.05, 4.69) is 104 Å². The van der Waals surface area contributed by atoms with Gasteiger partial charge >= 0.3 is 22.4 Å². The van der Waals surface area contributed by atoms with Crippen molar-refractivity contribution in [1.82, 2.24) is 0 Å². The maximum atomic E-state index is 3.60. The molecule has 4 aromatic carbocycles.